The van der Waals surface area contributed by atoms with Crippen molar-refractivity contribution in [2.75, 3.05) is 19.7 Å². The fraction of sp³-hybridized carbons (Fsp3) is 0.259. The smallest absolute Gasteiger partial charge is 0.409 e. The fourth-order valence-corrected chi connectivity index (χ4v) is 5.12. The van der Waals surface area contributed by atoms with Crippen molar-refractivity contribution in [3.63, 3.8) is 0 Å². The molecule has 0 bridgehead atoms. The van der Waals surface area contributed by atoms with Crippen LogP contribution in [-0.4, -0.2) is 41.8 Å². The number of hydrogen-bond donors (Lipinski definition) is 1. The Morgan fingerprint density at radius 3 is 2.24 bits per heavy atom. The summed E-state index contributed by atoms with van der Waals surface area (Å²) in [5, 5.41) is 9.74. The van der Waals surface area contributed by atoms with Crippen LogP contribution in [0.3, 0.4) is 0 Å². The lowest BCUT2D eigenvalue weighted by Gasteiger charge is -2.19. The highest BCUT2D eigenvalue weighted by Gasteiger charge is 2.41. The van der Waals surface area contributed by atoms with Crippen LogP contribution in [0, 0.1) is 18.7 Å². The molecule has 6 heteroatoms. The summed E-state index contributed by atoms with van der Waals surface area (Å²) in [6.45, 7) is 2.11. The highest BCUT2D eigenvalue weighted by molar-refractivity contribution is 5.79. The monoisotopic (exact) mass is 445 g/mol. The molecule has 0 saturated carbocycles. The third-order valence-corrected chi connectivity index (χ3v) is 6.84. The van der Waals surface area contributed by atoms with Crippen LogP contribution >= 0.6 is 0 Å². The number of rotatable bonds is 4. The molecule has 5 nitrogen and oxygen atoms in total. The summed E-state index contributed by atoms with van der Waals surface area (Å²) in [6.07, 6.45) is -0.524. The SMILES string of the molecule is Cc1cc(C2CN(C(=O)OCC3c4ccccc4-c4ccccc43)CC2C(=O)O)ccc1F. The Morgan fingerprint density at radius 2 is 1.64 bits per heavy atom. The zero-order valence-corrected chi connectivity index (χ0v) is 18.2. The van der Waals surface area contributed by atoms with E-state index in [9.17, 15) is 19.1 Å². The van der Waals surface area contributed by atoms with Gasteiger partial charge in [-0.2, -0.15) is 0 Å². The molecular weight excluding hydrogens is 421 g/mol. The molecule has 0 spiro atoms. The molecule has 1 amide bonds. The first-order chi connectivity index (χ1) is 15.9. The Balaban J connectivity index is 1.32. The maximum absolute atomic E-state index is 13.7. The van der Waals surface area contributed by atoms with Crippen molar-refractivity contribution < 1.29 is 23.8 Å². The number of aliphatic carboxylic acids is 1. The van der Waals surface area contributed by atoms with Crippen molar-refractivity contribution in [3.05, 3.63) is 94.8 Å². The van der Waals surface area contributed by atoms with E-state index in [2.05, 4.69) is 24.3 Å². The number of likely N-dealkylation sites (tertiary alicyclic amines) is 1. The molecule has 3 aromatic carbocycles. The number of amides is 1. The number of nitrogens with zero attached hydrogens (tertiary/aromatic N) is 1. The molecule has 1 fully saturated rings. The predicted molar refractivity (Wildman–Crippen MR) is 122 cm³/mol. The van der Waals surface area contributed by atoms with Gasteiger partial charge in [0, 0.05) is 24.9 Å². The molecule has 2 atom stereocenters. The molecule has 33 heavy (non-hydrogen) atoms. The summed E-state index contributed by atoms with van der Waals surface area (Å²) in [7, 11) is 0. The molecule has 2 unspecified atom stereocenters. The number of carboxylic acids is 1. The summed E-state index contributed by atoms with van der Waals surface area (Å²) in [6, 6.07) is 20.8. The Kier molecular flexibility index (Phi) is 5.36. The lowest BCUT2D eigenvalue weighted by atomic mass is 9.88. The van der Waals surface area contributed by atoms with Crippen LogP contribution in [0.15, 0.2) is 66.7 Å². The molecule has 1 saturated heterocycles. The van der Waals surface area contributed by atoms with Gasteiger partial charge in [-0.1, -0.05) is 60.7 Å². The minimum absolute atomic E-state index is 0.0604. The van der Waals surface area contributed by atoms with E-state index in [-0.39, 0.29) is 31.4 Å². The summed E-state index contributed by atoms with van der Waals surface area (Å²) in [5.74, 6) is -2.56. The second-order valence-electron chi connectivity index (χ2n) is 8.77. The lowest BCUT2D eigenvalue weighted by Crippen LogP contribution is -2.31. The molecule has 3 aromatic rings. The largest absolute Gasteiger partial charge is 0.481 e. The van der Waals surface area contributed by atoms with Crippen LogP contribution in [0.4, 0.5) is 9.18 Å². The van der Waals surface area contributed by atoms with E-state index >= 15 is 0 Å². The van der Waals surface area contributed by atoms with Gasteiger partial charge in [-0.25, -0.2) is 9.18 Å². The molecule has 1 aliphatic heterocycles. The van der Waals surface area contributed by atoms with Crippen LogP contribution < -0.4 is 0 Å². The van der Waals surface area contributed by atoms with E-state index in [1.165, 1.54) is 11.0 Å². The molecular formula is C27H24FNO4. The average Bonchev–Trinajstić information content (AvgIpc) is 3.40. The average molecular weight is 445 g/mol. The number of carbonyl (C=O) groups is 2. The number of aryl methyl sites for hydroxylation is 1. The zero-order valence-electron chi connectivity index (χ0n) is 18.2. The molecule has 1 aliphatic carbocycles. The third kappa shape index (κ3) is 3.75. The van der Waals surface area contributed by atoms with Crippen molar-refractivity contribution in [2.45, 2.75) is 18.8 Å². The highest BCUT2D eigenvalue weighted by Crippen LogP contribution is 2.44. The topological polar surface area (TPSA) is 66.8 Å². The van der Waals surface area contributed by atoms with E-state index in [0.29, 0.717) is 5.56 Å². The number of carboxylic acid groups (broad SMARTS) is 1. The number of halogens is 1. The van der Waals surface area contributed by atoms with Gasteiger partial charge in [0.2, 0.25) is 0 Å². The number of fused-ring (bicyclic) bond motifs is 3. The normalized spacial score (nSPS) is 19.3. The number of ether oxygens (including phenoxy) is 1. The zero-order chi connectivity index (χ0) is 23.1. The van der Waals surface area contributed by atoms with Crippen molar-refractivity contribution in [3.8, 4) is 11.1 Å². The first kappa shape index (κ1) is 21.2. The van der Waals surface area contributed by atoms with Gasteiger partial charge in [0.15, 0.2) is 0 Å². The van der Waals surface area contributed by atoms with Crippen LogP contribution in [0.25, 0.3) is 11.1 Å². The van der Waals surface area contributed by atoms with Gasteiger partial charge in [0.25, 0.3) is 0 Å². The third-order valence-electron chi connectivity index (χ3n) is 6.84. The Morgan fingerprint density at radius 1 is 1.00 bits per heavy atom. The van der Waals surface area contributed by atoms with Crippen LogP contribution in [0.5, 0.6) is 0 Å². The van der Waals surface area contributed by atoms with Crippen molar-refractivity contribution in [1.29, 1.82) is 0 Å². The van der Waals surface area contributed by atoms with E-state index in [1.807, 2.05) is 24.3 Å². The number of carbonyl (C=O) groups excluding carboxylic acids is 1. The second kappa shape index (κ2) is 8.35. The van der Waals surface area contributed by atoms with E-state index < -0.39 is 23.9 Å². The molecule has 0 radical (unpaired) electrons. The molecule has 168 valence electrons. The summed E-state index contributed by atoms with van der Waals surface area (Å²) >= 11 is 0. The summed E-state index contributed by atoms with van der Waals surface area (Å²) < 4.78 is 19.4. The summed E-state index contributed by atoms with van der Waals surface area (Å²) in [5.41, 5.74) is 5.71. The molecule has 2 aliphatic rings. The van der Waals surface area contributed by atoms with Gasteiger partial charge in [-0.15, -0.1) is 0 Å². The van der Waals surface area contributed by atoms with Gasteiger partial charge in [0.05, 0.1) is 5.92 Å². The van der Waals surface area contributed by atoms with Crippen LogP contribution in [0.2, 0.25) is 0 Å². The second-order valence-corrected chi connectivity index (χ2v) is 8.77. The van der Waals surface area contributed by atoms with Gasteiger partial charge < -0.3 is 14.7 Å². The molecule has 5 rings (SSSR count). The lowest BCUT2D eigenvalue weighted by molar-refractivity contribution is -0.141. The first-order valence-electron chi connectivity index (χ1n) is 11.0. The van der Waals surface area contributed by atoms with Crippen LogP contribution in [0.1, 0.15) is 34.1 Å². The Labute approximate surface area is 191 Å². The standard InChI is InChI=1S/C27H24FNO4/c1-16-12-17(10-11-25(16)28)22-13-29(14-23(22)26(30)31)27(32)33-15-24-20-8-4-2-6-18(20)19-7-3-5-9-21(19)24/h2-12,22-24H,13-15H2,1H3,(H,30,31). The highest BCUT2D eigenvalue weighted by atomic mass is 19.1. The Bertz CT molecular complexity index is 1190. The minimum atomic E-state index is -0.976. The number of hydrogen-bond acceptors (Lipinski definition) is 3. The molecule has 1 N–H and O–H groups in total. The number of benzene rings is 3. The summed E-state index contributed by atoms with van der Waals surface area (Å²) in [4.78, 5) is 26.3. The van der Waals surface area contributed by atoms with E-state index in [0.717, 1.165) is 27.8 Å². The van der Waals surface area contributed by atoms with Gasteiger partial charge in [-0.3, -0.25) is 4.79 Å². The van der Waals surface area contributed by atoms with Gasteiger partial charge >= 0.3 is 12.1 Å². The van der Waals surface area contributed by atoms with Gasteiger partial charge in [-0.05, 0) is 46.4 Å². The predicted octanol–water partition coefficient (Wildman–Crippen LogP) is 5.18. The first-order valence-corrected chi connectivity index (χ1v) is 11.0. The maximum atomic E-state index is 13.7. The van der Waals surface area contributed by atoms with Crippen molar-refractivity contribution in [2.24, 2.45) is 5.92 Å². The fourth-order valence-electron chi connectivity index (χ4n) is 5.12. The maximum Gasteiger partial charge on any atom is 0.409 e. The minimum Gasteiger partial charge on any atom is -0.481 e. The van der Waals surface area contributed by atoms with E-state index in [1.54, 1.807) is 19.1 Å². The molecule has 1 heterocycles. The van der Waals surface area contributed by atoms with Gasteiger partial charge in [0.1, 0.15) is 12.4 Å². The van der Waals surface area contributed by atoms with Crippen LogP contribution in [-0.2, 0) is 9.53 Å². The Hall–Kier alpha value is -3.67. The van der Waals surface area contributed by atoms with Crippen molar-refractivity contribution >= 4 is 12.1 Å². The van der Waals surface area contributed by atoms with Crippen molar-refractivity contribution in [1.82, 2.24) is 4.90 Å². The molecule has 0 aromatic heterocycles. The quantitative estimate of drug-likeness (QED) is 0.601. The van der Waals surface area contributed by atoms with E-state index in [4.69, 9.17) is 4.74 Å².